The van der Waals surface area contributed by atoms with Gasteiger partial charge in [0.1, 0.15) is 12.7 Å². The van der Waals surface area contributed by atoms with E-state index in [0.29, 0.717) is 18.1 Å². The van der Waals surface area contributed by atoms with Gasteiger partial charge in [0, 0.05) is 29.6 Å². The Morgan fingerprint density at radius 1 is 1.33 bits per heavy atom. The molecule has 1 aliphatic rings. The fraction of sp³-hybridized carbons (Fsp3) is 0.312. The van der Waals surface area contributed by atoms with Crippen LogP contribution in [0.5, 0.6) is 0 Å². The molecule has 0 unspecified atom stereocenters. The maximum absolute atomic E-state index is 12.5. The maximum atomic E-state index is 12.5. The number of rotatable bonds is 4. The number of pyridine rings is 1. The summed E-state index contributed by atoms with van der Waals surface area (Å²) in [7, 11) is 0. The van der Waals surface area contributed by atoms with Crippen molar-refractivity contribution >= 4 is 5.91 Å². The second kappa shape index (κ2) is 6.23. The summed E-state index contributed by atoms with van der Waals surface area (Å²) in [5.41, 5.74) is 3.52. The van der Waals surface area contributed by atoms with Gasteiger partial charge in [-0.2, -0.15) is 10.2 Å². The van der Waals surface area contributed by atoms with Crippen molar-refractivity contribution in [1.82, 2.24) is 35.3 Å². The summed E-state index contributed by atoms with van der Waals surface area (Å²) in [6.07, 6.45) is 8.84. The SMILES string of the molecule is O=C(NCc1cccnc1-n1cncn1)c1n[nH]c2c1CCCC2. The number of aromatic amines is 1. The number of nitrogens with one attached hydrogen (secondary N) is 2. The first kappa shape index (κ1) is 14.6. The van der Waals surface area contributed by atoms with E-state index in [1.807, 2.05) is 12.1 Å². The summed E-state index contributed by atoms with van der Waals surface area (Å²) >= 11 is 0. The van der Waals surface area contributed by atoms with Crippen molar-refractivity contribution in [2.24, 2.45) is 0 Å². The zero-order chi connectivity index (χ0) is 16.4. The minimum absolute atomic E-state index is 0.164. The molecule has 0 spiro atoms. The molecule has 122 valence electrons. The van der Waals surface area contributed by atoms with Crippen molar-refractivity contribution in [3.05, 3.63) is 53.5 Å². The Bertz CT molecular complexity index is 853. The minimum atomic E-state index is -0.164. The van der Waals surface area contributed by atoms with E-state index in [0.717, 1.165) is 42.5 Å². The number of nitrogens with zero attached hydrogens (tertiary/aromatic N) is 5. The van der Waals surface area contributed by atoms with Gasteiger partial charge < -0.3 is 5.32 Å². The Hall–Kier alpha value is -3.03. The molecule has 24 heavy (non-hydrogen) atoms. The van der Waals surface area contributed by atoms with Crippen molar-refractivity contribution < 1.29 is 4.79 Å². The molecule has 0 radical (unpaired) electrons. The van der Waals surface area contributed by atoms with Crippen molar-refractivity contribution in [3.63, 3.8) is 0 Å². The normalized spacial score (nSPS) is 13.5. The van der Waals surface area contributed by atoms with E-state index in [1.165, 1.54) is 6.33 Å². The van der Waals surface area contributed by atoms with Crippen LogP contribution in [-0.4, -0.2) is 35.9 Å². The largest absolute Gasteiger partial charge is 0.346 e. The number of fused-ring (bicyclic) bond motifs is 1. The third-order valence-corrected chi connectivity index (χ3v) is 4.21. The van der Waals surface area contributed by atoms with Gasteiger partial charge in [-0.1, -0.05) is 6.07 Å². The van der Waals surface area contributed by atoms with E-state index in [1.54, 1.807) is 17.2 Å². The number of H-pyrrole nitrogens is 1. The number of carbonyl (C=O) groups excluding carboxylic acids is 1. The predicted octanol–water partition coefficient (Wildman–Crippen LogP) is 1.19. The van der Waals surface area contributed by atoms with Crippen molar-refractivity contribution in [3.8, 4) is 5.82 Å². The lowest BCUT2D eigenvalue weighted by atomic mass is 9.96. The molecule has 0 atom stereocenters. The van der Waals surface area contributed by atoms with Crippen molar-refractivity contribution in [2.75, 3.05) is 0 Å². The lowest BCUT2D eigenvalue weighted by Crippen LogP contribution is -2.25. The first-order chi connectivity index (χ1) is 11.8. The molecule has 0 bridgehead atoms. The molecule has 0 aromatic carbocycles. The average molecular weight is 323 g/mol. The van der Waals surface area contributed by atoms with Gasteiger partial charge in [0.2, 0.25) is 0 Å². The van der Waals surface area contributed by atoms with E-state index >= 15 is 0 Å². The highest BCUT2D eigenvalue weighted by atomic mass is 16.1. The van der Waals surface area contributed by atoms with E-state index in [2.05, 4.69) is 30.6 Å². The average Bonchev–Trinajstić information content (AvgIpc) is 3.29. The van der Waals surface area contributed by atoms with E-state index in [-0.39, 0.29) is 5.91 Å². The van der Waals surface area contributed by atoms with Crippen LogP contribution in [0.2, 0.25) is 0 Å². The molecule has 3 aromatic rings. The number of aromatic nitrogens is 6. The molecule has 0 saturated heterocycles. The van der Waals surface area contributed by atoms with Crippen LogP contribution < -0.4 is 5.32 Å². The standard InChI is InChI=1S/C16H17N7O/c24-16(14-12-5-1-2-6-13(12)21-22-14)19-8-11-4-3-7-18-15(11)23-10-17-9-20-23/h3-4,7,9-10H,1-2,5-6,8H2,(H,19,24)(H,21,22). The molecule has 0 fully saturated rings. The highest BCUT2D eigenvalue weighted by Gasteiger charge is 2.21. The molecule has 3 aromatic heterocycles. The van der Waals surface area contributed by atoms with E-state index in [9.17, 15) is 4.79 Å². The van der Waals surface area contributed by atoms with Crippen LogP contribution in [0.1, 0.15) is 40.2 Å². The molecule has 8 heteroatoms. The molecular weight excluding hydrogens is 306 g/mol. The van der Waals surface area contributed by atoms with Gasteiger partial charge in [-0.25, -0.2) is 14.6 Å². The number of carbonyl (C=O) groups is 1. The Kier molecular flexibility index (Phi) is 3.78. The molecule has 0 saturated carbocycles. The van der Waals surface area contributed by atoms with Crippen LogP contribution in [0.25, 0.3) is 5.82 Å². The van der Waals surface area contributed by atoms with Crippen LogP contribution in [0.4, 0.5) is 0 Å². The first-order valence-electron chi connectivity index (χ1n) is 7.96. The Morgan fingerprint density at radius 2 is 2.25 bits per heavy atom. The Balaban J connectivity index is 1.52. The fourth-order valence-electron chi connectivity index (χ4n) is 3.02. The third kappa shape index (κ3) is 2.66. The molecule has 0 aliphatic heterocycles. The second-order valence-corrected chi connectivity index (χ2v) is 5.75. The first-order valence-corrected chi connectivity index (χ1v) is 7.96. The van der Waals surface area contributed by atoms with E-state index in [4.69, 9.17) is 0 Å². The quantitative estimate of drug-likeness (QED) is 0.751. The molecule has 1 aliphatic carbocycles. The van der Waals surface area contributed by atoms with Gasteiger partial charge in [0.25, 0.3) is 5.91 Å². The van der Waals surface area contributed by atoms with Crippen LogP contribution in [0, 0.1) is 0 Å². The second-order valence-electron chi connectivity index (χ2n) is 5.75. The number of hydrogen-bond acceptors (Lipinski definition) is 5. The summed E-state index contributed by atoms with van der Waals surface area (Å²) in [5, 5.41) is 14.2. The van der Waals surface area contributed by atoms with Crippen molar-refractivity contribution in [2.45, 2.75) is 32.2 Å². The topological polar surface area (TPSA) is 101 Å². The Labute approximate surface area is 138 Å². The highest BCUT2D eigenvalue weighted by Crippen LogP contribution is 2.22. The molecule has 8 nitrogen and oxygen atoms in total. The maximum Gasteiger partial charge on any atom is 0.272 e. The van der Waals surface area contributed by atoms with Gasteiger partial charge in [-0.15, -0.1) is 0 Å². The lowest BCUT2D eigenvalue weighted by Gasteiger charge is -2.12. The zero-order valence-corrected chi connectivity index (χ0v) is 13.1. The van der Waals surface area contributed by atoms with Crippen LogP contribution in [0.15, 0.2) is 31.0 Å². The van der Waals surface area contributed by atoms with Crippen LogP contribution in [0.3, 0.4) is 0 Å². The monoisotopic (exact) mass is 323 g/mol. The molecule has 2 N–H and O–H groups in total. The minimum Gasteiger partial charge on any atom is -0.346 e. The van der Waals surface area contributed by atoms with Crippen LogP contribution in [-0.2, 0) is 19.4 Å². The summed E-state index contributed by atoms with van der Waals surface area (Å²) in [5.74, 6) is 0.488. The summed E-state index contributed by atoms with van der Waals surface area (Å²) in [4.78, 5) is 20.8. The van der Waals surface area contributed by atoms with Gasteiger partial charge in [-0.3, -0.25) is 9.89 Å². The fourth-order valence-corrected chi connectivity index (χ4v) is 3.02. The van der Waals surface area contributed by atoms with E-state index < -0.39 is 0 Å². The smallest absolute Gasteiger partial charge is 0.272 e. The highest BCUT2D eigenvalue weighted by molar-refractivity contribution is 5.94. The summed E-state index contributed by atoms with van der Waals surface area (Å²) in [6, 6.07) is 3.74. The number of aryl methyl sites for hydroxylation is 1. The predicted molar refractivity (Wildman–Crippen MR) is 85.6 cm³/mol. The van der Waals surface area contributed by atoms with Gasteiger partial charge >= 0.3 is 0 Å². The molecule has 3 heterocycles. The Morgan fingerprint density at radius 3 is 3.12 bits per heavy atom. The van der Waals surface area contributed by atoms with Crippen LogP contribution >= 0.6 is 0 Å². The van der Waals surface area contributed by atoms with Crippen molar-refractivity contribution in [1.29, 1.82) is 0 Å². The number of amides is 1. The lowest BCUT2D eigenvalue weighted by molar-refractivity contribution is 0.0945. The molecule has 4 rings (SSSR count). The van der Waals surface area contributed by atoms with Gasteiger partial charge in [-0.05, 0) is 31.7 Å². The molecular formula is C16H17N7O. The van der Waals surface area contributed by atoms with Gasteiger partial charge in [0.15, 0.2) is 11.5 Å². The molecule has 1 amide bonds. The summed E-state index contributed by atoms with van der Waals surface area (Å²) < 4.78 is 1.58. The van der Waals surface area contributed by atoms with Gasteiger partial charge in [0.05, 0.1) is 0 Å². The summed E-state index contributed by atoms with van der Waals surface area (Å²) in [6.45, 7) is 0.351. The third-order valence-electron chi connectivity index (χ3n) is 4.21. The zero-order valence-electron chi connectivity index (χ0n) is 13.1. The number of hydrogen-bond donors (Lipinski definition) is 2.